The Morgan fingerprint density at radius 1 is 1.19 bits per heavy atom. The van der Waals surface area contributed by atoms with Crippen LogP contribution in [0.25, 0.3) is 19.2 Å². The highest BCUT2D eigenvalue weighted by molar-refractivity contribution is 7.30. The van der Waals surface area contributed by atoms with E-state index in [1.807, 2.05) is 44.2 Å². The smallest absolute Gasteiger partial charge is 0.412 e. The topological polar surface area (TPSA) is 51.2 Å². The Kier molecular flexibility index (Phi) is 4.76. The Morgan fingerprint density at radius 2 is 2.00 bits per heavy atom. The molecule has 0 fully saturated rings. The molecule has 0 aliphatic rings. The third-order valence-corrected chi connectivity index (χ3v) is 7.22. The fourth-order valence-electron chi connectivity index (χ4n) is 2.65. The number of nitrogens with one attached hydrogen (secondary N) is 1. The maximum Gasteiger partial charge on any atom is 0.412 e. The number of benzene rings is 1. The first-order valence-electron chi connectivity index (χ1n) is 8.08. The van der Waals surface area contributed by atoms with Crippen molar-refractivity contribution in [1.29, 1.82) is 0 Å². The lowest BCUT2D eigenvalue weighted by molar-refractivity contribution is 0.121. The second-order valence-electron chi connectivity index (χ2n) is 5.82. The van der Waals surface area contributed by atoms with Crippen LogP contribution in [0.4, 0.5) is 10.5 Å². The number of amides is 1. The van der Waals surface area contributed by atoms with Gasteiger partial charge in [0.15, 0.2) is 0 Å². The molecule has 4 nitrogen and oxygen atoms in total. The summed E-state index contributed by atoms with van der Waals surface area (Å²) in [5.74, 6) is 0. The SMILES string of the molecule is Cc1nsc(-c2cc3sccc3s2)c1NC(=O)O[C@H](C)c1ccccc1. The van der Waals surface area contributed by atoms with Crippen molar-refractivity contribution in [3.8, 4) is 9.75 Å². The summed E-state index contributed by atoms with van der Waals surface area (Å²) in [7, 11) is 0. The summed E-state index contributed by atoms with van der Waals surface area (Å²) >= 11 is 4.83. The van der Waals surface area contributed by atoms with Crippen LogP contribution in [0.5, 0.6) is 0 Å². The number of hydrogen-bond donors (Lipinski definition) is 1. The highest BCUT2D eigenvalue weighted by atomic mass is 32.1. The third-order valence-electron chi connectivity index (χ3n) is 4.01. The predicted octanol–water partition coefficient (Wildman–Crippen LogP) is 6.70. The number of thiophene rings is 2. The van der Waals surface area contributed by atoms with Gasteiger partial charge in [-0.2, -0.15) is 4.37 Å². The second-order valence-corrected chi connectivity index (χ2v) is 8.62. The van der Waals surface area contributed by atoms with E-state index in [1.165, 1.54) is 20.9 Å². The zero-order valence-electron chi connectivity index (χ0n) is 14.2. The number of nitrogens with zero attached hydrogens (tertiary/aromatic N) is 1. The van der Waals surface area contributed by atoms with Gasteiger partial charge in [0.1, 0.15) is 6.10 Å². The molecule has 1 aromatic carbocycles. The van der Waals surface area contributed by atoms with E-state index in [1.54, 1.807) is 22.7 Å². The van der Waals surface area contributed by atoms with Crippen molar-refractivity contribution in [3.63, 3.8) is 0 Å². The molecule has 4 aromatic rings. The summed E-state index contributed by atoms with van der Waals surface area (Å²) in [5, 5.41) is 4.98. The van der Waals surface area contributed by atoms with Crippen molar-refractivity contribution in [3.05, 3.63) is 59.1 Å². The summed E-state index contributed by atoms with van der Waals surface area (Å²) in [6.45, 7) is 3.76. The average Bonchev–Trinajstić information content (AvgIpc) is 3.31. The van der Waals surface area contributed by atoms with Gasteiger partial charge in [-0.3, -0.25) is 5.32 Å². The zero-order valence-corrected chi connectivity index (χ0v) is 16.6. The standard InChI is InChI=1S/C19H16N2O2S3/c1-11-17(20-19(22)23-12(2)13-6-4-3-5-7-13)18(26-21-11)16-10-15-14(25-16)8-9-24-15/h3-10,12H,1-2H3,(H,20,22)/t12-/m1/s1. The van der Waals surface area contributed by atoms with Gasteiger partial charge in [0.25, 0.3) is 0 Å². The third kappa shape index (κ3) is 3.38. The maximum absolute atomic E-state index is 12.4. The fourth-order valence-corrected chi connectivity index (χ4v) is 5.70. The van der Waals surface area contributed by atoms with Crippen LogP contribution in [0.1, 0.15) is 24.3 Å². The summed E-state index contributed by atoms with van der Waals surface area (Å²) in [5.41, 5.74) is 2.49. The summed E-state index contributed by atoms with van der Waals surface area (Å²) in [4.78, 5) is 14.5. The molecule has 0 radical (unpaired) electrons. The molecule has 0 unspecified atom stereocenters. The Balaban J connectivity index is 1.54. The Labute approximate surface area is 163 Å². The van der Waals surface area contributed by atoms with Crippen molar-refractivity contribution in [2.75, 3.05) is 5.32 Å². The number of hydrogen-bond acceptors (Lipinski definition) is 6. The molecule has 1 amide bonds. The zero-order chi connectivity index (χ0) is 18.1. The Hall–Kier alpha value is -2.22. The van der Waals surface area contributed by atoms with E-state index in [9.17, 15) is 4.79 Å². The monoisotopic (exact) mass is 400 g/mol. The van der Waals surface area contributed by atoms with Gasteiger partial charge in [0.2, 0.25) is 0 Å². The van der Waals surface area contributed by atoms with E-state index < -0.39 is 6.09 Å². The molecule has 4 rings (SSSR count). The summed E-state index contributed by atoms with van der Waals surface area (Å²) < 4.78 is 12.5. The first kappa shape index (κ1) is 17.2. The van der Waals surface area contributed by atoms with Gasteiger partial charge in [0.05, 0.1) is 21.1 Å². The molecule has 3 heterocycles. The predicted molar refractivity (Wildman–Crippen MR) is 111 cm³/mol. The van der Waals surface area contributed by atoms with Gasteiger partial charge < -0.3 is 4.74 Å². The quantitative estimate of drug-likeness (QED) is 0.414. The van der Waals surface area contributed by atoms with Crippen molar-refractivity contribution in [2.45, 2.75) is 20.0 Å². The van der Waals surface area contributed by atoms with Crippen LogP contribution in [0.3, 0.4) is 0 Å². The van der Waals surface area contributed by atoms with Crippen LogP contribution < -0.4 is 5.32 Å². The van der Waals surface area contributed by atoms with Crippen LogP contribution in [0.2, 0.25) is 0 Å². The molecule has 0 aliphatic carbocycles. The molecule has 0 spiro atoms. The summed E-state index contributed by atoms with van der Waals surface area (Å²) in [6.07, 6.45) is -0.789. The molecule has 0 aliphatic heterocycles. The fraction of sp³-hybridized carbons (Fsp3) is 0.158. The minimum Gasteiger partial charge on any atom is -0.441 e. The second kappa shape index (κ2) is 7.19. The molecule has 1 N–H and O–H groups in total. The number of aryl methyl sites for hydroxylation is 1. The average molecular weight is 401 g/mol. The molecule has 26 heavy (non-hydrogen) atoms. The van der Waals surface area contributed by atoms with E-state index in [4.69, 9.17) is 4.74 Å². The maximum atomic E-state index is 12.4. The van der Waals surface area contributed by atoms with Gasteiger partial charge in [0, 0.05) is 9.40 Å². The van der Waals surface area contributed by atoms with E-state index >= 15 is 0 Å². The number of carbonyl (C=O) groups is 1. The van der Waals surface area contributed by atoms with E-state index in [2.05, 4.69) is 27.2 Å². The lowest BCUT2D eigenvalue weighted by atomic mass is 10.1. The first-order valence-corrected chi connectivity index (χ1v) is 10.5. The van der Waals surface area contributed by atoms with Gasteiger partial charge >= 0.3 is 6.09 Å². The molecule has 1 atom stereocenters. The van der Waals surface area contributed by atoms with Crippen molar-refractivity contribution < 1.29 is 9.53 Å². The Morgan fingerprint density at radius 3 is 2.77 bits per heavy atom. The molecule has 132 valence electrons. The van der Waals surface area contributed by atoms with Gasteiger partial charge in [-0.25, -0.2) is 4.79 Å². The van der Waals surface area contributed by atoms with Gasteiger partial charge in [-0.15, -0.1) is 22.7 Å². The lowest BCUT2D eigenvalue weighted by Gasteiger charge is -2.14. The lowest BCUT2D eigenvalue weighted by Crippen LogP contribution is -2.16. The van der Waals surface area contributed by atoms with E-state index in [0.717, 1.165) is 26.7 Å². The largest absolute Gasteiger partial charge is 0.441 e. The number of anilines is 1. The number of fused-ring (bicyclic) bond motifs is 1. The minimum absolute atomic E-state index is 0.321. The molecule has 7 heteroatoms. The van der Waals surface area contributed by atoms with Gasteiger partial charge in [-0.1, -0.05) is 30.3 Å². The summed E-state index contributed by atoms with van der Waals surface area (Å²) in [6, 6.07) is 14.0. The van der Waals surface area contributed by atoms with Gasteiger partial charge in [-0.05, 0) is 48.5 Å². The van der Waals surface area contributed by atoms with E-state index in [0.29, 0.717) is 0 Å². The van der Waals surface area contributed by atoms with Crippen LogP contribution in [-0.2, 0) is 4.74 Å². The molecule has 0 saturated carbocycles. The normalized spacial score (nSPS) is 12.2. The molecule has 3 aromatic heterocycles. The minimum atomic E-state index is -0.468. The van der Waals surface area contributed by atoms with Crippen LogP contribution in [-0.4, -0.2) is 10.5 Å². The van der Waals surface area contributed by atoms with Crippen molar-refractivity contribution in [2.24, 2.45) is 0 Å². The number of aromatic nitrogens is 1. The van der Waals surface area contributed by atoms with Crippen molar-refractivity contribution >= 4 is 55.4 Å². The van der Waals surface area contributed by atoms with Crippen LogP contribution >= 0.6 is 34.2 Å². The van der Waals surface area contributed by atoms with E-state index in [-0.39, 0.29) is 6.10 Å². The first-order chi connectivity index (χ1) is 12.6. The van der Waals surface area contributed by atoms with Crippen molar-refractivity contribution in [1.82, 2.24) is 4.37 Å². The number of carbonyl (C=O) groups excluding carboxylic acids is 1. The highest BCUT2D eigenvalue weighted by Crippen LogP contribution is 2.42. The van der Waals surface area contributed by atoms with Crippen LogP contribution in [0.15, 0.2) is 47.8 Å². The molecule has 0 bridgehead atoms. The number of rotatable bonds is 4. The Bertz CT molecular complexity index is 1020. The molecular formula is C19H16N2O2S3. The highest BCUT2D eigenvalue weighted by Gasteiger charge is 2.19. The molecule has 0 saturated heterocycles. The van der Waals surface area contributed by atoms with Crippen LogP contribution in [0, 0.1) is 6.92 Å². The molecular weight excluding hydrogens is 384 g/mol. The number of ether oxygens (including phenoxy) is 1.